The summed E-state index contributed by atoms with van der Waals surface area (Å²) in [6.07, 6.45) is 3.88. The summed E-state index contributed by atoms with van der Waals surface area (Å²) in [5.41, 5.74) is 11.3. The van der Waals surface area contributed by atoms with Crippen LogP contribution in [-0.4, -0.2) is 0 Å². The molecule has 3 aromatic carbocycles. The van der Waals surface area contributed by atoms with Crippen LogP contribution in [0.2, 0.25) is 0 Å². The normalized spacial score (nSPS) is 11.5. The van der Waals surface area contributed by atoms with Crippen LogP contribution in [0.3, 0.4) is 0 Å². The number of anilines is 1. The second-order valence-corrected chi connectivity index (χ2v) is 5.99. The Kier molecular flexibility index (Phi) is 5.48. The molecule has 0 spiro atoms. The van der Waals surface area contributed by atoms with Gasteiger partial charge in [0, 0.05) is 5.69 Å². The van der Waals surface area contributed by atoms with E-state index in [9.17, 15) is 5.26 Å². The largest absolute Gasteiger partial charge is 0.399 e. The lowest BCUT2D eigenvalue weighted by Gasteiger charge is -2.06. The molecule has 0 aliphatic heterocycles. The van der Waals surface area contributed by atoms with Crippen molar-refractivity contribution in [2.75, 3.05) is 5.73 Å². The summed E-state index contributed by atoms with van der Waals surface area (Å²) in [6.45, 7) is 0. The van der Waals surface area contributed by atoms with Crippen LogP contribution in [-0.2, 0) is 0 Å². The van der Waals surface area contributed by atoms with Crippen molar-refractivity contribution in [1.82, 2.24) is 0 Å². The molecule has 0 saturated carbocycles. The van der Waals surface area contributed by atoms with Gasteiger partial charge < -0.3 is 5.73 Å². The Morgan fingerprint density at radius 1 is 0.778 bits per heavy atom. The highest BCUT2D eigenvalue weighted by molar-refractivity contribution is 5.95. The van der Waals surface area contributed by atoms with Gasteiger partial charge in [-0.05, 0) is 58.7 Å². The third kappa shape index (κ3) is 4.51. The third-order valence-electron chi connectivity index (χ3n) is 4.11. The van der Waals surface area contributed by atoms with Gasteiger partial charge in [0.15, 0.2) is 0 Å². The Labute approximate surface area is 158 Å². The molecule has 0 aromatic heterocycles. The first-order valence-corrected chi connectivity index (χ1v) is 8.44. The number of hydrogen-bond acceptors (Lipinski definition) is 3. The maximum absolute atomic E-state index is 9.67. The standard InChI is InChI=1S/C24H17N3/c25-16-19-8-6-18(7-9-19)14-22(20-4-2-1-3-5-20)15-23(17-26)21-10-12-24(27)13-11-21/h1-15H,27H2. The second-order valence-electron chi connectivity index (χ2n) is 5.99. The smallest absolute Gasteiger partial charge is 0.0998 e. The van der Waals surface area contributed by atoms with Crippen molar-refractivity contribution >= 4 is 22.9 Å². The minimum absolute atomic E-state index is 0.554. The monoisotopic (exact) mass is 347 g/mol. The van der Waals surface area contributed by atoms with Gasteiger partial charge in [-0.3, -0.25) is 0 Å². The first-order chi connectivity index (χ1) is 13.2. The molecule has 27 heavy (non-hydrogen) atoms. The van der Waals surface area contributed by atoms with Crippen molar-refractivity contribution in [1.29, 1.82) is 10.5 Å². The zero-order valence-electron chi connectivity index (χ0n) is 14.6. The van der Waals surface area contributed by atoms with Crippen molar-refractivity contribution in [2.45, 2.75) is 0 Å². The quantitative estimate of drug-likeness (QED) is 0.302. The molecular weight excluding hydrogens is 330 g/mol. The van der Waals surface area contributed by atoms with E-state index < -0.39 is 0 Å². The van der Waals surface area contributed by atoms with Crippen molar-refractivity contribution in [3.63, 3.8) is 0 Å². The molecule has 0 saturated heterocycles. The number of rotatable bonds is 4. The van der Waals surface area contributed by atoms with Crippen LogP contribution in [0.5, 0.6) is 0 Å². The van der Waals surface area contributed by atoms with Crippen molar-refractivity contribution < 1.29 is 0 Å². The van der Waals surface area contributed by atoms with E-state index in [1.807, 2.05) is 66.7 Å². The van der Waals surface area contributed by atoms with Gasteiger partial charge in [-0.15, -0.1) is 0 Å². The van der Waals surface area contributed by atoms with Crippen LogP contribution in [0.15, 0.2) is 84.9 Å². The Morgan fingerprint density at radius 2 is 1.44 bits per heavy atom. The number of nitriles is 2. The molecule has 0 atom stereocenters. The van der Waals surface area contributed by atoms with E-state index in [-0.39, 0.29) is 0 Å². The van der Waals surface area contributed by atoms with E-state index >= 15 is 0 Å². The van der Waals surface area contributed by atoms with E-state index in [0.717, 1.165) is 22.3 Å². The van der Waals surface area contributed by atoms with E-state index in [1.54, 1.807) is 24.3 Å². The van der Waals surface area contributed by atoms with Crippen LogP contribution in [0.1, 0.15) is 22.3 Å². The fourth-order valence-corrected chi connectivity index (χ4v) is 2.67. The van der Waals surface area contributed by atoms with E-state index in [4.69, 9.17) is 11.0 Å². The van der Waals surface area contributed by atoms with E-state index in [1.165, 1.54) is 0 Å². The number of nitrogen functional groups attached to an aromatic ring is 1. The van der Waals surface area contributed by atoms with Crippen LogP contribution in [0.4, 0.5) is 5.69 Å². The average molecular weight is 347 g/mol. The summed E-state index contributed by atoms with van der Waals surface area (Å²) in [5, 5.41) is 18.6. The van der Waals surface area contributed by atoms with Crippen molar-refractivity contribution in [3.8, 4) is 12.1 Å². The van der Waals surface area contributed by atoms with Gasteiger partial charge in [-0.2, -0.15) is 10.5 Å². The maximum Gasteiger partial charge on any atom is 0.0998 e. The van der Waals surface area contributed by atoms with Crippen LogP contribution in [0, 0.1) is 22.7 Å². The molecule has 0 radical (unpaired) electrons. The van der Waals surface area contributed by atoms with E-state index in [2.05, 4.69) is 12.1 Å². The molecule has 3 aromatic rings. The molecule has 3 nitrogen and oxygen atoms in total. The Balaban J connectivity index is 2.09. The fourth-order valence-electron chi connectivity index (χ4n) is 2.67. The predicted molar refractivity (Wildman–Crippen MR) is 110 cm³/mol. The van der Waals surface area contributed by atoms with Gasteiger partial charge in [0.1, 0.15) is 0 Å². The zero-order chi connectivity index (χ0) is 19.1. The average Bonchev–Trinajstić information content (AvgIpc) is 2.73. The molecule has 0 heterocycles. The lowest BCUT2D eigenvalue weighted by Crippen LogP contribution is -1.88. The Hall–Kier alpha value is -4.08. The fraction of sp³-hybridized carbons (Fsp3) is 0. The summed E-state index contributed by atoms with van der Waals surface area (Å²) < 4.78 is 0. The molecule has 0 amide bonds. The summed E-state index contributed by atoms with van der Waals surface area (Å²) in [5.74, 6) is 0. The topological polar surface area (TPSA) is 73.6 Å². The van der Waals surface area contributed by atoms with Crippen LogP contribution < -0.4 is 5.73 Å². The highest BCUT2D eigenvalue weighted by Gasteiger charge is 2.05. The van der Waals surface area contributed by atoms with Gasteiger partial charge in [-0.25, -0.2) is 0 Å². The maximum atomic E-state index is 9.67. The van der Waals surface area contributed by atoms with Crippen LogP contribution >= 0.6 is 0 Å². The minimum atomic E-state index is 0.554. The highest BCUT2D eigenvalue weighted by atomic mass is 14.5. The molecule has 2 N–H and O–H groups in total. The predicted octanol–water partition coefficient (Wildman–Crippen LogP) is 5.29. The molecular formula is C24H17N3. The van der Waals surface area contributed by atoms with Crippen molar-refractivity contribution in [3.05, 3.63) is 107 Å². The summed E-state index contributed by atoms with van der Waals surface area (Å²) >= 11 is 0. The van der Waals surface area contributed by atoms with E-state index in [0.29, 0.717) is 16.8 Å². The lowest BCUT2D eigenvalue weighted by atomic mass is 9.97. The number of benzene rings is 3. The molecule has 0 bridgehead atoms. The summed E-state index contributed by atoms with van der Waals surface area (Å²) in [6, 6.07) is 28.9. The van der Waals surface area contributed by atoms with Gasteiger partial charge >= 0.3 is 0 Å². The number of hydrogen-bond donors (Lipinski definition) is 1. The zero-order valence-corrected chi connectivity index (χ0v) is 14.6. The van der Waals surface area contributed by atoms with Gasteiger partial charge in [0.25, 0.3) is 0 Å². The summed E-state index contributed by atoms with van der Waals surface area (Å²) in [7, 11) is 0. The molecule has 128 valence electrons. The number of nitrogens with two attached hydrogens (primary N) is 1. The molecule has 0 unspecified atom stereocenters. The SMILES string of the molecule is N#CC(=CC(=Cc1ccc(C#N)cc1)c1ccccc1)c1ccc(N)cc1. The van der Waals surface area contributed by atoms with Gasteiger partial charge in [0.2, 0.25) is 0 Å². The van der Waals surface area contributed by atoms with Crippen molar-refractivity contribution in [2.24, 2.45) is 0 Å². The molecule has 0 aliphatic rings. The molecule has 0 fully saturated rings. The molecule has 0 aliphatic carbocycles. The van der Waals surface area contributed by atoms with Gasteiger partial charge in [0.05, 0.1) is 23.3 Å². The first-order valence-electron chi connectivity index (χ1n) is 8.44. The lowest BCUT2D eigenvalue weighted by molar-refractivity contribution is 1.48. The summed E-state index contributed by atoms with van der Waals surface area (Å²) in [4.78, 5) is 0. The van der Waals surface area contributed by atoms with Gasteiger partial charge in [-0.1, -0.05) is 54.6 Å². The minimum Gasteiger partial charge on any atom is -0.399 e. The first kappa shape index (κ1) is 17.7. The molecule has 3 rings (SSSR count). The Morgan fingerprint density at radius 3 is 2.04 bits per heavy atom. The second kappa shape index (κ2) is 8.34. The number of allylic oxidation sites excluding steroid dienone is 3. The number of nitrogens with zero attached hydrogens (tertiary/aromatic N) is 2. The third-order valence-corrected chi connectivity index (χ3v) is 4.11. The highest BCUT2D eigenvalue weighted by Crippen LogP contribution is 2.25. The molecule has 3 heteroatoms. The van der Waals surface area contributed by atoms with Crippen LogP contribution in [0.25, 0.3) is 17.2 Å². The Bertz CT molecular complexity index is 1060.